The Kier molecular flexibility index (Phi) is 8.59. The molecule has 0 spiro atoms. The molecule has 2 aromatic rings. The number of hydrogen-bond donors (Lipinski definition) is 0. The lowest BCUT2D eigenvalue weighted by atomic mass is 9.96. The molecule has 1 saturated heterocycles. The molecule has 1 aliphatic heterocycles. The van der Waals surface area contributed by atoms with E-state index in [9.17, 15) is 13.6 Å². The van der Waals surface area contributed by atoms with E-state index in [4.69, 9.17) is 4.74 Å². The molecule has 5 nitrogen and oxygen atoms in total. The van der Waals surface area contributed by atoms with Gasteiger partial charge in [-0.25, -0.2) is 8.78 Å². The van der Waals surface area contributed by atoms with E-state index in [1.54, 1.807) is 12.0 Å². The predicted octanol–water partition coefficient (Wildman–Crippen LogP) is 3.89. The Morgan fingerprint density at radius 3 is 2.66 bits per heavy atom. The molecule has 7 heteroatoms. The highest BCUT2D eigenvalue weighted by atomic mass is 19.2. The number of carbonyl (C=O) groups is 1. The van der Waals surface area contributed by atoms with Gasteiger partial charge in [-0.1, -0.05) is 24.3 Å². The second-order valence-corrected chi connectivity index (χ2v) is 8.71. The fourth-order valence-electron chi connectivity index (χ4n) is 4.27. The smallest absolute Gasteiger partial charge is 0.256 e. The van der Waals surface area contributed by atoms with Gasteiger partial charge >= 0.3 is 0 Å². The zero-order valence-corrected chi connectivity index (χ0v) is 19.2. The number of ether oxygens (including phenoxy) is 1. The zero-order chi connectivity index (χ0) is 23.1. The molecule has 32 heavy (non-hydrogen) atoms. The third-order valence-corrected chi connectivity index (χ3v) is 5.95. The van der Waals surface area contributed by atoms with Crippen molar-refractivity contribution in [2.45, 2.75) is 19.4 Å². The van der Waals surface area contributed by atoms with Gasteiger partial charge in [0.2, 0.25) is 0 Å². The van der Waals surface area contributed by atoms with E-state index in [2.05, 4.69) is 11.0 Å². The van der Waals surface area contributed by atoms with Gasteiger partial charge in [-0.15, -0.1) is 0 Å². The van der Waals surface area contributed by atoms with E-state index in [1.807, 2.05) is 37.2 Å². The Morgan fingerprint density at radius 1 is 1.12 bits per heavy atom. The van der Waals surface area contributed by atoms with E-state index in [0.717, 1.165) is 49.9 Å². The van der Waals surface area contributed by atoms with Crippen LogP contribution in [0.2, 0.25) is 0 Å². The summed E-state index contributed by atoms with van der Waals surface area (Å²) in [5.74, 6) is -1.39. The number of halogens is 2. The number of nitrogens with zero attached hydrogens (tertiary/aromatic N) is 3. The molecule has 0 unspecified atom stereocenters. The maximum absolute atomic E-state index is 14.3. The maximum Gasteiger partial charge on any atom is 0.256 e. The summed E-state index contributed by atoms with van der Waals surface area (Å²) >= 11 is 0. The lowest BCUT2D eigenvalue weighted by Gasteiger charge is -2.36. The Labute approximate surface area is 189 Å². The summed E-state index contributed by atoms with van der Waals surface area (Å²) < 4.78 is 33.5. The summed E-state index contributed by atoms with van der Waals surface area (Å²) in [6, 6.07) is 11.8. The van der Waals surface area contributed by atoms with Crippen molar-refractivity contribution in [3.63, 3.8) is 0 Å². The number of amides is 1. The van der Waals surface area contributed by atoms with Crippen molar-refractivity contribution in [1.82, 2.24) is 14.7 Å². The summed E-state index contributed by atoms with van der Waals surface area (Å²) in [4.78, 5) is 19.2. The summed E-state index contributed by atoms with van der Waals surface area (Å²) in [7, 11) is 5.54. The van der Waals surface area contributed by atoms with Crippen molar-refractivity contribution in [2.24, 2.45) is 5.92 Å². The Morgan fingerprint density at radius 2 is 1.91 bits per heavy atom. The topological polar surface area (TPSA) is 36.0 Å². The minimum absolute atomic E-state index is 0.203. The molecular formula is C25H33F2N3O2. The molecule has 1 amide bonds. The van der Waals surface area contributed by atoms with E-state index < -0.39 is 17.5 Å². The molecule has 0 aromatic heterocycles. The minimum atomic E-state index is -1.08. The molecule has 1 heterocycles. The number of likely N-dealkylation sites (N-methyl/N-ethyl adjacent to an activating group) is 1. The van der Waals surface area contributed by atoms with Gasteiger partial charge in [0.25, 0.3) is 5.91 Å². The number of rotatable bonds is 9. The molecule has 0 radical (unpaired) electrons. The second kappa shape index (κ2) is 11.4. The van der Waals surface area contributed by atoms with Crippen LogP contribution in [0.15, 0.2) is 42.5 Å². The summed E-state index contributed by atoms with van der Waals surface area (Å²) in [5, 5.41) is 0. The van der Waals surface area contributed by atoms with Crippen molar-refractivity contribution >= 4 is 5.91 Å². The zero-order valence-electron chi connectivity index (χ0n) is 19.2. The molecular weight excluding hydrogens is 412 g/mol. The number of likely N-dealkylation sites (tertiary alicyclic amines) is 1. The lowest BCUT2D eigenvalue weighted by Crippen LogP contribution is -2.44. The molecule has 1 aliphatic rings. The first kappa shape index (κ1) is 24.1. The van der Waals surface area contributed by atoms with Crippen LogP contribution in [-0.4, -0.2) is 74.5 Å². The number of benzene rings is 2. The molecule has 1 fully saturated rings. The van der Waals surface area contributed by atoms with Crippen LogP contribution in [0.4, 0.5) is 8.78 Å². The van der Waals surface area contributed by atoms with Crippen molar-refractivity contribution in [1.29, 1.82) is 0 Å². The maximum atomic E-state index is 14.3. The normalized spacial score (nSPS) is 16.9. The quantitative estimate of drug-likeness (QED) is 0.587. The molecule has 174 valence electrons. The van der Waals surface area contributed by atoms with Crippen LogP contribution in [0.5, 0.6) is 5.75 Å². The standard InChI is InChI=1S/C25H33F2N3O2/c1-28(2)14-15-30(25(31)21-10-6-11-22(26)24(21)27)17-19-8-7-13-29(16-19)18-20-9-4-5-12-23(20)32-3/h4-6,9-12,19H,7-8,13-18H2,1-3H3/t19-/m1/s1. The van der Waals surface area contributed by atoms with Crippen LogP contribution in [0.3, 0.4) is 0 Å². The number of methoxy groups -OCH3 is 1. The van der Waals surface area contributed by atoms with Crippen molar-refractivity contribution < 1.29 is 18.3 Å². The number of para-hydroxylation sites is 1. The van der Waals surface area contributed by atoms with Crippen LogP contribution >= 0.6 is 0 Å². The number of piperidine rings is 1. The fraction of sp³-hybridized carbons (Fsp3) is 0.480. The minimum Gasteiger partial charge on any atom is -0.496 e. The third-order valence-electron chi connectivity index (χ3n) is 5.95. The van der Waals surface area contributed by atoms with Crippen LogP contribution < -0.4 is 4.74 Å². The van der Waals surface area contributed by atoms with Crippen molar-refractivity contribution in [2.75, 3.05) is 53.9 Å². The first-order valence-electron chi connectivity index (χ1n) is 11.1. The monoisotopic (exact) mass is 445 g/mol. The van der Waals surface area contributed by atoms with Crippen LogP contribution in [0.25, 0.3) is 0 Å². The van der Waals surface area contributed by atoms with Gasteiger partial charge in [0.05, 0.1) is 12.7 Å². The molecule has 2 aromatic carbocycles. The number of hydrogen-bond acceptors (Lipinski definition) is 4. The highest BCUT2D eigenvalue weighted by Gasteiger charge is 2.27. The second-order valence-electron chi connectivity index (χ2n) is 8.71. The molecule has 1 atom stereocenters. The number of carbonyl (C=O) groups excluding carboxylic acids is 1. The van der Waals surface area contributed by atoms with E-state index in [0.29, 0.717) is 19.6 Å². The third kappa shape index (κ3) is 6.26. The van der Waals surface area contributed by atoms with Crippen LogP contribution in [0, 0.1) is 17.6 Å². The van der Waals surface area contributed by atoms with Gasteiger partial charge in [0.1, 0.15) is 5.75 Å². The van der Waals surface area contributed by atoms with Gasteiger partial charge in [-0.3, -0.25) is 9.69 Å². The highest BCUT2D eigenvalue weighted by molar-refractivity contribution is 5.94. The largest absolute Gasteiger partial charge is 0.496 e. The average molecular weight is 446 g/mol. The van der Waals surface area contributed by atoms with E-state index in [1.165, 1.54) is 12.1 Å². The van der Waals surface area contributed by atoms with Crippen molar-refractivity contribution in [3.05, 3.63) is 65.2 Å². The van der Waals surface area contributed by atoms with Crippen molar-refractivity contribution in [3.8, 4) is 5.75 Å². The van der Waals surface area contributed by atoms with E-state index >= 15 is 0 Å². The SMILES string of the molecule is COc1ccccc1CN1CCC[C@@H](CN(CCN(C)C)C(=O)c2cccc(F)c2F)C1. The molecule has 0 N–H and O–H groups in total. The molecule has 3 rings (SSSR count). The highest BCUT2D eigenvalue weighted by Crippen LogP contribution is 2.24. The molecule has 0 bridgehead atoms. The summed E-state index contributed by atoms with van der Waals surface area (Å²) in [6.45, 7) is 4.25. The fourth-order valence-corrected chi connectivity index (χ4v) is 4.27. The van der Waals surface area contributed by atoms with Crippen LogP contribution in [-0.2, 0) is 6.54 Å². The van der Waals surface area contributed by atoms with Gasteiger partial charge in [-0.05, 0) is 57.6 Å². The van der Waals surface area contributed by atoms with Crippen LogP contribution in [0.1, 0.15) is 28.8 Å². The van der Waals surface area contributed by atoms with Gasteiger partial charge < -0.3 is 14.5 Å². The Bertz CT molecular complexity index is 907. The van der Waals surface area contributed by atoms with Gasteiger partial charge in [0.15, 0.2) is 11.6 Å². The van der Waals surface area contributed by atoms with Gasteiger partial charge in [-0.2, -0.15) is 0 Å². The Balaban J connectivity index is 1.71. The first-order chi connectivity index (χ1) is 15.4. The molecule has 0 saturated carbocycles. The predicted molar refractivity (Wildman–Crippen MR) is 122 cm³/mol. The lowest BCUT2D eigenvalue weighted by molar-refractivity contribution is 0.0654. The van der Waals surface area contributed by atoms with Gasteiger partial charge in [0, 0.05) is 38.3 Å². The molecule has 0 aliphatic carbocycles. The summed E-state index contributed by atoms with van der Waals surface area (Å²) in [5.41, 5.74) is 0.934. The van der Waals surface area contributed by atoms with E-state index in [-0.39, 0.29) is 11.5 Å². The first-order valence-corrected chi connectivity index (χ1v) is 11.1. The Hall–Kier alpha value is -2.51. The summed E-state index contributed by atoms with van der Waals surface area (Å²) in [6.07, 6.45) is 2.03. The average Bonchev–Trinajstić information content (AvgIpc) is 2.78.